The Morgan fingerprint density at radius 3 is 1.38 bits per heavy atom. The molecule has 60 heavy (non-hydrogen) atoms. The second kappa shape index (κ2) is 42.3. The Hall–Kier alpha value is -2.03. The Bertz CT molecular complexity index is 1160. The van der Waals surface area contributed by atoms with Crippen LogP contribution in [-0.4, -0.2) is 70.0 Å². The van der Waals surface area contributed by atoms with Gasteiger partial charge >= 0.3 is 11.9 Å². The number of rotatable bonds is 44. The van der Waals surface area contributed by atoms with Crippen LogP contribution in [0.3, 0.4) is 0 Å². The van der Waals surface area contributed by atoms with E-state index in [0.29, 0.717) is 23.9 Å². The SMILES string of the molecule is CCCCCCCC/C=C/C/C=C/CCC(=O)OC(COC(=O)CCCCCCCCC/C=C/C/C=C/CCCCCCCCCCC)COP(=O)([O-])OCC[N+](C)(C)C. The minimum Gasteiger partial charge on any atom is -0.756 e. The van der Waals surface area contributed by atoms with E-state index >= 15 is 0 Å². The van der Waals surface area contributed by atoms with Crippen molar-refractivity contribution < 1.29 is 42.1 Å². The highest BCUT2D eigenvalue weighted by Gasteiger charge is 2.21. The first kappa shape index (κ1) is 58.0. The molecule has 0 rings (SSSR count). The molecule has 0 aliphatic heterocycles. The number of ether oxygens (including phenoxy) is 2. The zero-order valence-corrected chi connectivity index (χ0v) is 40.3. The van der Waals surface area contributed by atoms with Gasteiger partial charge in [-0.3, -0.25) is 14.2 Å². The van der Waals surface area contributed by atoms with Crippen LogP contribution in [0.4, 0.5) is 0 Å². The van der Waals surface area contributed by atoms with Crippen molar-refractivity contribution in [1.82, 2.24) is 0 Å². The predicted molar refractivity (Wildman–Crippen MR) is 250 cm³/mol. The number of carbonyl (C=O) groups is 2. The number of unbranched alkanes of at least 4 members (excludes halogenated alkanes) is 22. The fraction of sp³-hybridized carbons (Fsp3) is 0.800. The summed E-state index contributed by atoms with van der Waals surface area (Å²) in [4.78, 5) is 37.5. The summed E-state index contributed by atoms with van der Waals surface area (Å²) in [5.41, 5.74) is 0. The summed E-state index contributed by atoms with van der Waals surface area (Å²) < 4.78 is 33.9. The molecule has 2 unspecified atom stereocenters. The highest BCUT2D eigenvalue weighted by Crippen LogP contribution is 2.38. The first-order chi connectivity index (χ1) is 29.0. The molecule has 0 spiro atoms. The van der Waals surface area contributed by atoms with Gasteiger partial charge in [-0.05, 0) is 64.2 Å². The fourth-order valence-electron chi connectivity index (χ4n) is 6.50. The van der Waals surface area contributed by atoms with Crippen LogP contribution in [0.15, 0.2) is 48.6 Å². The molecule has 0 aromatic carbocycles. The van der Waals surface area contributed by atoms with E-state index in [-0.39, 0.29) is 26.1 Å². The normalized spacial score (nSPS) is 13.9. The summed E-state index contributed by atoms with van der Waals surface area (Å²) in [5.74, 6) is -0.921. The van der Waals surface area contributed by atoms with E-state index < -0.39 is 32.5 Å². The molecular weight excluding hydrogens is 774 g/mol. The molecular formula is C50H92NO8P. The fourth-order valence-corrected chi connectivity index (χ4v) is 7.23. The van der Waals surface area contributed by atoms with E-state index in [4.69, 9.17) is 18.5 Å². The van der Waals surface area contributed by atoms with Crippen molar-refractivity contribution in [3.8, 4) is 0 Å². The van der Waals surface area contributed by atoms with Crippen LogP contribution in [0, 0.1) is 0 Å². The van der Waals surface area contributed by atoms with E-state index in [1.807, 2.05) is 33.3 Å². The molecule has 0 N–H and O–H groups in total. The van der Waals surface area contributed by atoms with Gasteiger partial charge < -0.3 is 27.9 Å². The van der Waals surface area contributed by atoms with E-state index in [1.165, 1.54) is 122 Å². The van der Waals surface area contributed by atoms with Gasteiger partial charge in [-0.1, -0.05) is 178 Å². The number of nitrogens with zero attached hydrogens (tertiary/aromatic N) is 1. The number of esters is 2. The van der Waals surface area contributed by atoms with Gasteiger partial charge in [0.2, 0.25) is 0 Å². The lowest BCUT2D eigenvalue weighted by atomic mass is 10.1. The van der Waals surface area contributed by atoms with Gasteiger partial charge in [0.1, 0.15) is 19.8 Å². The summed E-state index contributed by atoms with van der Waals surface area (Å²) in [6.07, 6.45) is 50.2. The van der Waals surface area contributed by atoms with Crippen LogP contribution in [0.5, 0.6) is 0 Å². The maximum atomic E-state index is 12.6. The van der Waals surface area contributed by atoms with Gasteiger partial charge in [0, 0.05) is 12.8 Å². The Balaban J connectivity index is 4.29. The van der Waals surface area contributed by atoms with Crippen LogP contribution >= 0.6 is 7.82 Å². The standard InChI is InChI=1S/C50H92NO8P/c1-6-8-10-12-14-16-18-20-21-22-23-24-25-26-27-28-29-31-32-34-36-38-40-42-49(52)56-46-48(47-58-60(54,55)57-45-44-51(3,4)5)59-50(53)43-41-39-37-35-33-30-19-17-15-13-11-9-7-2/h23-24,26-27,30,33,37,39,48H,6-22,25,28-29,31-32,34-36,38,40-47H2,1-5H3/b24-23+,27-26+,33-30+,39-37+. The first-order valence-electron chi connectivity index (χ1n) is 24.3. The third-order valence-electron chi connectivity index (χ3n) is 10.3. The molecule has 0 saturated carbocycles. The Kier molecular flexibility index (Phi) is 40.8. The molecule has 0 fully saturated rings. The number of allylic oxidation sites excluding steroid dienone is 8. The molecule has 9 nitrogen and oxygen atoms in total. The summed E-state index contributed by atoms with van der Waals surface area (Å²) in [6.45, 7) is 4.15. The lowest BCUT2D eigenvalue weighted by Gasteiger charge is -2.28. The van der Waals surface area contributed by atoms with E-state index in [0.717, 1.165) is 44.9 Å². The molecule has 2 atom stereocenters. The highest BCUT2D eigenvalue weighted by molar-refractivity contribution is 7.45. The Morgan fingerprint density at radius 2 is 0.933 bits per heavy atom. The summed E-state index contributed by atoms with van der Waals surface area (Å²) in [7, 11) is 1.13. The van der Waals surface area contributed by atoms with Crippen LogP contribution in [-0.2, 0) is 32.7 Å². The summed E-state index contributed by atoms with van der Waals surface area (Å²) >= 11 is 0. The van der Waals surface area contributed by atoms with Crippen LogP contribution in [0.2, 0.25) is 0 Å². The monoisotopic (exact) mass is 866 g/mol. The predicted octanol–water partition coefficient (Wildman–Crippen LogP) is 13.6. The number of phosphoric acid groups is 1. The number of hydrogen-bond acceptors (Lipinski definition) is 8. The average Bonchev–Trinajstić information content (AvgIpc) is 3.20. The molecule has 0 saturated heterocycles. The summed E-state index contributed by atoms with van der Waals surface area (Å²) in [5, 5.41) is 0. The van der Waals surface area contributed by atoms with E-state index in [2.05, 4.69) is 50.3 Å². The second-order valence-corrected chi connectivity index (χ2v) is 18.9. The molecule has 0 radical (unpaired) electrons. The van der Waals surface area contributed by atoms with Crippen molar-refractivity contribution in [1.29, 1.82) is 0 Å². The smallest absolute Gasteiger partial charge is 0.306 e. The first-order valence-corrected chi connectivity index (χ1v) is 25.8. The van der Waals surface area contributed by atoms with E-state index in [1.54, 1.807) is 0 Å². The minimum absolute atomic E-state index is 0.0425. The maximum absolute atomic E-state index is 12.6. The van der Waals surface area contributed by atoms with Crippen LogP contribution in [0.1, 0.15) is 206 Å². The van der Waals surface area contributed by atoms with Gasteiger partial charge in [-0.15, -0.1) is 0 Å². The molecule has 0 aromatic rings. The number of likely N-dealkylation sites (N-methyl/N-ethyl adjacent to an activating group) is 1. The minimum atomic E-state index is -4.64. The van der Waals surface area contributed by atoms with Gasteiger partial charge in [-0.25, -0.2) is 0 Å². The molecule has 350 valence electrons. The Labute approximate surface area is 369 Å². The zero-order valence-electron chi connectivity index (χ0n) is 39.4. The van der Waals surface area contributed by atoms with Gasteiger partial charge in [0.05, 0.1) is 27.7 Å². The number of hydrogen-bond donors (Lipinski definition) is 0. The number of quaternary nitrogens is 1. The van der Waals surface area contributed by atoms with Gasteiger partial charge in [0.25, 0.3) is 7.82 Å². The highest BCUT2D eigenvalue weighted by atomic mass is 31.2. The van der Waals surface area contributed by atoms with Crippen molar-refractivity contribution in [2.45, 2.75) is 213 Å². The Morgan fingerprint density at radius 1 is 0.517 bits per heavy atom. The van der Waals surface area contributed by atoms with Crippen LogP contribution < -0.4 is 4.89 Å². The van der Waals surface area contributed by atoms with Crippen molar-refractivity contribution in [3.63, 3.8) is 0 Å². The lowest BCUT2D eigenvalue weighted by Crippen LogP contribution is -2.37. The molecule has 0 aliphatic carbocycles. The van der Waals surface area contributed by atoms with E-state index in [9.17, 15) is 19.0 Å². The average molecular weight is 866 g/mol. The maximum Gasteiger partial charge on any atom is 0.306 e. The lowest BCUT2D eigenvalue weighted by molar-refractivity contribution is -0.870. The van der Waals surface area contributed by atoms with Gasteiger partial charge in [0.15, 0.2) is 6.10 Å². The third kappa shape index (κ3) is 45.5. The molecule has 0 aliphatic rings. The zero-order chi connectivity index (χ0) is 44.3. The van der Waals surface area contributed by atoms with Crippen LogP contribution in [0.25, 0.3) is 0 Å². The van der Waals surface area contributed by atoms with Crippen molar-refractivity contribution >= 4 is 19.8 Å². The topological polar surface area (TPSA) is 111 Å². The number of phosphoric ester groups is 1. The molecule has 10 heteroatoms. The molecule has 0 heterocycles. The third-order valence-corrected chi connectivity index (χ3v) is 11.3. The van der Waals surface area contributed by atoms with Crippen molar-refractivity contribution in [3.05, 3.63) is 48.6 Å². The number of carbonyl (C=O) groups excluding carboxylic acids is 2. The largest absolute Gasteiger partial charge is 0.756 e. The molecule has 0 amide bonds. The summed E-state index contributed by atoms with van der Waals surface area (Å²) in [6, 6.07) is 0. The van der Waals surface area contributed by atoms with Crippen molar-refractivity contribution in [2.75, 3.05) is 47.5 Å². The van der Waals surface area contributed by atoms with Crippen molar-refractivity contribution in [2.24, 2.45) is 0 Å². The molecule has 0 bridgehead atoms. The van der Waals surface area contributed by atoms with Gasteiger partial charge in [-0.2, -0.15) is 0 Å². The quantitative estimate of drug-likeness (QED) is 0.0196. The molecule has 0 aromatic heterocycles. The second-order valence-electron chi connectivity index (χ2n) is 17.5.